The average molecular weight is 271 g/mol. The molecule has 0 aliphatic rings. The number of fused-ring (bicyclic) bond motifs is 1. The van der Waals surface area contributed by atoms with Gasteiger partial charge >= 0.3 is 0 Å². The third kappa shape index (κ3) is 2.14. The Labute approximate surface area is 111 Å². The SMILES string of the molecule is O=c1[nH]cnc2nn(Cc3ccc([N+](=O)[O-])cc3)cc12. The Balaban J connectivity index is 1.91. The van der Waals surface area contributed by atoms with Crippen LogP contribution in [0.1, 0.15) is 5.56 Å². The van der Waals surface area contributed by atoms with Gasteiger partial charge in [-0.15, -0.1) is 0 Å². The quantitative estimate of drug-likeness (QED) is 0.566. The topological polar surface area (TPSA) is 107 Å². The Morgan fingerprint density at radius 2 is 2.05 bits per heavy atom. The van der Waals surface area contributed by atoms with Gasteiger partial charge in [0, 0.05) is 18.3 Å². The number of hydrogen-bond donors (Lipinski definition) is 1. The van der Waals surface area contributed by atoms with Gasteiger partial charge < -0.3 is 4.98 Å². The second kappa shape index (κ2) is 4.57. The van der Waals surface area contributed by atoms with Crippen molar-refractivity contribution in [2.45, 2.75) is 6.54 Å². The van der Waals surface area contributed by atoms with E-state index in [-0.39, 0.29) is 11.2 Å². The van der Waals surface area contributed by atoms with Crippen molar-refractivity contribution in [2.75, 3.05) is 0 Å². The molecule has 0 spiro atoms. The average Bonchev–Trinajstić information content (AvgIpc) is 2.83. The number of nitrogens with one attached hydrogen (secondary N) is 1. The highest BCUT2D eigenvalue weighted by Crippen LogP contribution is 2.13. The predicted molar refractivity (Wildman–Crippen MR) is 70.3 cm³/mol. The maximum absolute atomic E-state index is 11.5. The summed E-state index contributed by atoms with van der Waals surface area (Å²) < 4.78 is 1.58. The van der Waals surface area contributed by atoms with Gasteiger partial charge in [-0.3, -0.25) is 19.6 Å². The van der Waals surface area contributed by atoms with E-state index in [1.807, 2.05) is 0 Å². The molecule has 0 fully saturated rings. The van der Waals surface area contributed by atoms with Crippen molar-refractivity contribution in [3.05, 3.63) is 62.8 Å². The van der Waals surface area contributed by atoms with Crippen LogP contribution in [0.15, 0.2) is 41.6 Å². The third-order valence-corrected chi connectivity index (χ3v) is 2.86. The zero-order chi connectivity index (χ0) is 14.1. The first-order chi connectivity index (χ1) is 9.63. The Morgan fingerprint density at radius 1 is 1.30 bits per heavy atom. The van der Waals surface area contributed by atoms with E-state index in [0.717, 1.165) is 5.56 Å². The largest absolute Gasteiger partial charge is 0.312 e. The van der Waals surface area contributed by atoms with Crippen molar-refractivity contribution < 1.29 is 4.92 Å². The summed E-state index contributed by atoms with van der Waals surface area (Å²) in [6.07, 6.45) is 2.90. The van der Waals surface area contributed by atoms with Crippen molar-refractivity contribution in [2.24, 2.45) is 0 Å². The summed E-state index contributed by atoms with van der Waals surface area (Å²) in [4.78, 5) is 28.1. The summed E-state index contributed by atoms with van der Waals surface area (Å²) in [5.74, 6) is 0. The van der Waals surface area contributed by atoms with Gasteiger partial charge in [-0.1, -0.05) is 12.1 Å². The molecule has 0 aliphatic heterocycles. The Hall–Kier alpha value is -3.03. The number of benzene rings is 1. The highest BCUT2D eigenvalue weighted by atomic mass is 16.6. The molecule has 3 rings (SSSR count). The van der Waals surface area contributed by atoms with E-state index < -0.39 is 4.92 Å². The molecule has 3 aromatic rings. The van der Waals surface area contributed by atoms with E-state index in [0.29, 0.717) is 17.6 Å². The van der Waals surface area contributed by atoms with Crippen LogP contribution in [0, 0.1) is 10.1 Å². The predicted octanol–water partition coefficient (Wildman–Crippen LogP) is 1.08. The molecule has 0 saturated carbocycles. The highest BCUT2D eigenvalue weighted by molar-refractivity contribution is 5.72. The fourth-order valence-electron chi connectivity index (χ4n) is 1.89. The van der Waals surface area contributed by atoms with Crippen molar-refractivity contribution in [3.63, 3.8) is 0 Å². The number of nitrogens with zero attached hydrogens (tertiary/aromatic N) is 4. The van der Waals surface area contributed by atoms with Crippen LogP contribution in [-0.2, 0) is 6.54 Å². The monoisotopic (exact) mass is 271 g/mol. The summed E-state index contributed by atoms with van der Waals surface area (Å²) in [5, 5.41) is 15.2. The van der Waals surface area contributed by atoms with Crippen molar-refractivity contribution >= 4 is 16.7 Å². The van der Waals surface area contributed by atoms with Gasteiger partial charge in [-0.25, -0.2) is 4.98 Å². The Kier molecular flexibility index (Phi) is 2.75. The molecule has 100 valence electrons. The molecule has 8 heteroatoms. The maximum Gasteiger partial charge on any atom is 0.269 e. The van der Waals surface area contributed by atoms with E-state index in [1.165, 1.54) is 18.5 Å². The molecule has 0 atom stereocenters. The molecule has 0 radical (unpaired) electrons. The fourth-order valence-corrected chi connectivity index (χ4v) is 1.89. The fraction of sp³-hybridized carbons (Fsp3) is 0.0833. The van der Waals surface area contributed by atoms with Gasteiger partial charge in [0.15, 0.2) is 5.65 Å². The highest BCUT2D eigenvalue weighted by Gasteiger charge is 2.07. The minimum Gasteiger partial charge on any atom is -0.312 e. The molecular weight excluding hydrogens is 262 g/mol. The lowest BCUT2D eigenvalue weighted by Gasteiger charge is -2.00. The van der Waals surface area contributed by atoms with Crippen LogP contribution in [0.4, 0.5) is 5.69 Å². The number of nitro benzene ring substituents is 1. The van der Waals surface area contributed by atoms with Gasteiger partial charge in [0.25, 0.3) is 11.2 Å². The number of H-pyrrole nitrogens is 1. The number of hydrogen-bond acceptors (Lipinski definition) is 5. The van der Waals surface area contributed by atoms with E-state index in [2.05, 4.69) is 15.1 Å². The molecule has 2 aromatic heterocycles. The van der Waals surface area contributed by atoms with Crippen LogP contribution < -0.4 is 5.56 Å². The van der Waals surface area contributed by atoms with Crippen LogP contribution >= 0.6 is 0 Å². The molecule has 1 N–H and O–H groups in total. The summed E-state index contributed by atoms with van der Waals surface area (Å²) in [5.41, 5.74) is 1.01. The first-order valence-electron chi connectivity index (χ1n) is 5.77. The maximum atomic E-state index is 11.5. The molecule has 0 saturated heterocycles. The van der Waals surface area contributed by atoms with Gasteiger partial charge in [0.1, 0.15) is 5.39 Å². The zero-order valence-electron chi connectivity index (χ0n) is 10.2. The first kappa shape index (κ1) is 12.0. The smallest absolute Gasteiger partial charge is 0.269 e. The second-order valence-electron chi connectivity index (χ2n) is 4.22. The lowest BCUT2D eigenvalue weighted by molar-refractivity contribution is -0.384. The van der Waals surface area contributed by atoms with Crippen LogP contribution in [-0.4, -0.2) is 24.7 Å². The molecule has 8 nitrogen and oxygen atoms in total. The van der Waals surface area contributed by atoms with Gasteiger partial charge in [-0.05, 0) is 5.56 Å². The number of non-ortho nitro benzene ring substituents is 1. The third-order valence-electron chi connectivity index (χ3n) is 2.86. The molecule has 0 bridgehead atoms. The lowest BCUT2D eigenvalue weighted by atomic mass is 10.2. The molecule has 1 aromatic carbocycles. The minimum absolute atomic E-state index is 0.0393. The summed E-state index contributed by atoms with van der Waals surface area (Å²) in [6.45, 7) is 0.411. The Morgan fingerprint density at radius 3 is 2.70 bits per heavy atom. The van der Waals surface area contributed by atoms with Crippen LogP contribution in [0.2, 0.25) is 0 Å². The van der Waals surface area contributed by atoms with Gasteiger partial charge in [0.2, 0.25) is 0 Å². The van der Waals surface area contributed by atoms with Gasteiger partial charge in [-0.2, -0.15) is 5.10 Å². The molecule has 0 aliphatic carbocycles. The molecule has 0 amide bonds. The number of aromatic amines is 1. The van der Waals surface area contributed by atoms with Crippen molar-refractivity contribution in [3.8, 4) is 0 Å². The summed E-state index contributed by atoms with van der Waals surface area (Å²) in [6, 6.07) is 6.18. The van der Waals surface area contributed by atoms with Gasteiger partial charge in [0.05, 0.1) is 17.8 Å². The first-order valence-corrected chi connectivity index (χ1v) is 5.77. The van der Waals surface area contributed by atoms with Crippen molar-refractivity contribution in [1.29, 1.82) is 0 Å². The standard InChI is InChI=1S/C12H9N5O3/c18-12-10-6-16(15-11(10)13-7-14-12)5-8-1-3-9(4-2-8)17(19)20/h1-4,6-7H,5H2,(H,13,14,15,18). The Bertz CT molecular complexity index is 834. The molecule has 20 heavy (non-hydrogen) atoms. The number of rotatable bonds is 3. The second-order valence-corrected chi connectivity index (χ2v) is 4.22. The van der Waals surface area contributed by atoms with E-state index >= 15 is 0 Å². The normalized spacial score (nSPS) is 10.8. The van der Waals surface area contributed by atoms with Crippen molar-refractivity contribution in [1.82, 2.24) is 19.7 Å². The number of aromatic nitrogens is 4. The zero-order valence-corrected chi connectivity index (χ0v) is 10.2. The van der Waals surface area contributed by atoms with Crippen LogP contribution in [0.3, 0.4) is 0 Å². The minimum atomic E-state index is -0.449. The van der Waals surface area contributed by atoms with E-state index in [9.17, 15) is 14.9 Å². The molecule has 0 unspecified atom stereocenters. The number of nitro groups is 1. The van der Waals surface area contributed by atoms with Crippen LogP contribution in [0.25, 0.3) is 11.0 Å². The molecular formula is C12H9N5O3. The van der Waals surface area contributed by atoms with E-state index in [4.69, 9.17) is 0 Å². The summed E-state index contributed by atoms with van der Waals surface area (Å²) in [7, 11) is 0. The summed E-state index contributed by atoms with van der Waals surface area (Å²) >= 11 is 0. The van der Waals surface area contributed by atoms with E-state index in [1.54, 1.807) is 23.0 Å². The lowest BCUT2D eigenvalue weighted by Crippen LogP contribution is -2.04. The molecule has 2 heterocycles. The van der Waals surface area contributed by atoms with Crippen LogP contribution in [0.5, 0.6) is 0 Å².